The van der Waals surface area contributed by atoms with E-state index in [2.05, 4.69) is 0 Å². The predicted molar refractivity (Wildman–Crippen MR) is 69.9 cm³/mol. The second-order valence-electron chi connectivity index (χ2n) is 5.35. The highest BCUT2D eigenvalue weighted by atomic mass is 16.5. The van der Waals surface area contributed by atoms with Gasteiger partial charge in [-0.25, -0.2) is 0 Å². The summed E-state index contributed by atoms with van der Waals surface area (Å²) in [4.78, 5) is 33.7. The number of carboxylic acids is 1. The van der Waals surface area contributed by atoms with Gasteiger partial charge in [0, 0.05) is 0 Å². The molecule has 0 unspecified atom stereocenters. The number of hydrogen-bond donors (Lipinski definition) is 1. The molecule has 1 aliphatic rings. The lowest BCUT2D eigenvalue weighted by molar-refractivity contribution is -0.161. The molecule has 0 heterocycles. The average molecular weight is 286 g/mol. The van der Waals surface area contributed by atoms with Gasteiger partial charge in [0.05, 0.1) is 24.9 Å². The fourth-order valence-electron chi connectivity index (χ4n) is 2.25. The number of rotatable bonds is 6. The van der Waals surface area contributed by atoms with E-state index in [0.717, 1.165) is 12.8 Å². The van der Waals surface area contributed by atoms with Gasteiger partial charge in [-0.3, -0.25) is 14.4 Å². The molecule has 0 saturated heterocycles. The summed E-state index contributed by atoms with van der Waals surface area (Å²) in [5.74, 6) is -2.02. The Hall–Kier alpha value is -1.59. The molecule has 1 rings (SSSR count). The Morgan fingerprint density at radius 2 is 1.90 bits per heavy atom. The van der Waals surface area contributed by atoms with Gasteiger partial charge in [-0.15, -0.1) is 0 Å². The molecule has 0 aromatic rings. The first-order chi connectivity index (χ1) is 9.38. The lowest BCUT2D eigenvalue weighted by atomic mass is 9.87. The molecular weight excluding hydrogens is 264 g/mol. The molecule has 0 aromatic heterocycles. The first-order valence-electron chi connectivity index (χ1n) is 7.00. The highest BCUT2D eigenvalue weighted by Gasteiger charge is 2.30. The van der Waals surface area contributed by atoms with Crippen molar-refractivity contribution < 1.29 is 29.0 Å². The number of carboxylic acid groups (broad SMARTS) is 1. The lowest BCUT2D eigenvalue weighted by Crippen LogP contribution is -2.31. The van der Waals surface area contributed by atoms with Crippen molar-refractivity contribution in [3.8, 4) is 0 Å². The molecule has 1 N–H and O–H groups in total. The van der Waals surface area contributed by atoms with Crippen LogP contribution in [-0.4, -0.2) is 35.2 Å². The van der Waals surface area contributed by atoms with Crippen molar-refractivity contribution in [3.05, 3.63) is 0 Å². The van der Waals surface area contributed by atoms with Crippen molar-refractivity contribution in [2.75, 3.05) is 0 Å². The van der Waals surface area contributed by atoms with Crippen molar-refractivity contribution in [1.29, 1.82) is 0 Å². The van der Waals surface area contributed by atoms with Crippen molar-refractivity contribution in [2.45, 2.75) is 64.6 Å². The maximum atomic E-state index is 11.8. The maximum absolute atomic E-state index is 11.8. The highest BCUT2D eigenvalue weighted by Crippen LogP contribution is 2.28. The molecule has 0 amide bonds. The second-order valence-corrected chi connectivity index (χ2v) is 5.35. The van der Waals surface area contributed by atoms with Crippen LogP contribution in [0.3, 0.4) is 0 Å². The molecular formula is C14H22O6. The van der Waals surface area contributed by atoms with Gasteiger partial charge < -0.3 is 14.6 Å². The van der Waals surface area contributed by atoms with Crippen LogP contribution in [0.15, 0.2) is 0 Å². The van der Waals surface area contributed by atoms with Crippen LogP contribution < -0.4 is 0 Å². The number of ether oxygens (including phenoxy) is 2. The Bertz CT molecular complexity index is 363. The molecule has 20 heavy (non-hydrogen) atoms. The van der Waals surface area contributed by atoms with Crippen LogP contribution in [0.1, 0.15) is 52.4 Å². The van der Waals surface area contributed by atoms with Crippen LogP contribution >= 0.6 is 0 Å². The van der Waals surface area contributed by atoms with Crippen LogP contribution in [0.5, 0.6) is 0 Å². The molecule has 0 spiro atoms. The van der Waals surface area contributed by atoms with Crippen LogP contribution in [0.2, 0.25) is 0 Å². The first kappa shape index (κ1) is 16.5. The highest BCUT2D eigenvalue weighted by molar-refractivity contribution is 5.76. The summed E-state index contributed by atoms with van der Waals surface area (Å²) >= 11 is 0. The van der Waals surface area contributed by atoms with E-state index in [1.54, 1.807) is 13.8 Å². The zero-order valence-electron chi connectivity index (χ0n) is 12.0. The predicted octanol–water partition coefficient (Wildman–Crippen LogP) is 1.90. The molecule has 2 atom stereocenters. The van der Waals surface area contributed by atoms with Gasteiger partial charge in [0.2, 0.25) is 0 Å². The summed E-state index contributed by atoms with van der Waals surface area (Å²) in [6.07, 6.45) is 1.89. The zero-order chi connectivity index (χ0) is 15.1. The van der Waals surface area contributed by atoms with Crippen LogP contribution in [0.4, 0.5) is 0 Å². The number of aliphatic carboxylic acids is 1. The van der Waals surface area contributed by atoms with Crippen LogP contribution in [0.25, 0.3) is 0 Å². The Balaban J connectivity index is 2.38. The Labute approximate surface area is 118 Å². The van der Waals surface area contributed by atoms with Gasteiger partial charge in [0.15, 0.2) is 0 Å². The van der Waals surface area contributed by atoms with Gasteiger partial charge in [0.1, 0.15) is 6.10 Å². The van der Waals surface area contributed by atoms with Crippen molar-refractivity contribution >= 4 is 17.9 Å². The van der Waals surface area contributed by atoms with Gasteiger partial charge >= 0.3 is 17.9 Å². The van der Waals surface area contributed by atoms with E-state index in [4.69, 9.17) is 14.6 Å². The summed E-state index contributed by atoms with van der Waals surface area (Å²) < 4.78 is 10.4. The van der Waals surface area contributed by atoms with Gasteiger partial charge in [-0.05, 0) is 39.5 Å². The van der Waals surface area contributed by atoms with Crippen molar-refractivity contribution in [3.63, 3.8) is 0 Å². The van der Waals surface area contributed by atoms with E-state index >= 15 is 0 Å². The number of hydrogen-bond acceptors (Lipinski definition) is 5. The fourth-order valence-corrected chi connectivity index (χ4v) is 2.25. The Morgan fingerprint density at radius 1 is 1.20 bits per heavy atom. The molecule has 1 aliphatic carbocycles. The van der Waals surface area contributed by atoms with E-state index in [1.807, 2.05) is 0 Å². The monoisotopic (exact) mass is 286 g/mol. The van der Waals surface area contributed by atoms with E-state index in [1.165, 1.54) is 0 Å². The van der Waals surface area contributed by atoms with Crippen molar-refractivity contribution in [2.24, 2.45) is 5.92 Å². The van der Waals surface area contributed by atoms with E-state index in [-0.39, 0.29) is 36.9 Å². The average Bonchev–Trinajstić information content (AvgIpc) is 2.36. The molecule has 1 saturated carbocycles. The topological polar surface area (TPSA) is 89.9 Å². The molecule has 114 valence electrons. The minimum atomic E-state index is -1.02. The number of esters is 2. The Kier molecular flexibility index (Phi) is 6.48. The summed E-state index contributed by atoms with van der Waals surface area (Å²) in [6.45, 7) is 3.59. The zero-order valence-corrected chi connectivity index (χ0v) is 12.0. The number of carbonyl (C=O) groups is 3. The van der Waals surface area contributed by atoms with Crippen molar-refractivity contribution in [1.82, 2.24) is 0 Å². The minimum absolute atomic E-state index is 0.132. The summed E-state index contributed by atoms with van der Waals surface area (Å²) in [5.41, 5.74) is 0. The quantitative estimate of drug-likeness (QED) is 0.750. The van der Waals surface area contributed by atoms with Gasteiger partial charge in [-0.2, -0.15) is 0 Å². The van der Waals surface area contributed by atoms with Crippen LogP contribution in [-0.2, 0) is 23.9 Å². The maximum Gasteiger partial charge on any atom is 0.309 e. The molecule has 6 nitrogen and oxygen atoms in total. The molecule has 0 bridgehead atoms. The third kappa shape index (κ3) is 6.04. The SMILES string of the molecule is CC(C)OC(=O)[C@@H]1CCC[C@H](OC(=O)CCC(=O)O)C1. The molecule has 0 aromatic carbocycles. The summed E-state index contributed by atoms with van der Waals surface area (Å²) in [5, 5.41) is 8.50. The van der Waals surface area contributed by atoms with Gasteiger partial charge in [-0.1, -0.05) is 0 Å². The standard InChI is InChI=1S/C14H22O6/c1-9(2)19-14(18)10-4-3-5-11(8-10)20-13(17)7-6-12(15)16/h9-11H,3-8H2,1-2H3,(H,15,16)/t10-,11+/m1/s1. The van der Waals surface area contributed by atoms with Gasteiger partial charge in [0.25, 0.3) is 0 Å². The smallest absolute Gasteiger partial charge is 0.309 e. The third-order valence-corrected chi connectivity index (χ3v) is 3.15. The molecule has 6 heteroatoms. The summed E-state index contributed by atoms with van der Waals surface area (Å²) in [7, 11) is 0. The minimum Gasteiger partial charge on any atom is -0.481 e. The van der Waals surface area contributed by atoms with E-state index in [0.29, 0.717) is 12.8 Å². The molecule has 1 fully saturated rings. The Morgan fingerprint density at radius 3 is 2.50 bits per heavy atom. The van der Waals surface area contributed by atoms with Crippen LogP contribution in [0, 0.1) is 5.92 Å². The second kappa shape index (κ2) is 7.87. The molecule has 0 aliphatic heterocycles. The van der Waals surface area contributed by atoms with E-state index in [9.17, 15) is 14.4 Å². The molecule has 0 radical (unpaired) electrons. The lowest BCUT2D eigenvalue weighted by Gasteiger charge is -2.28. The fraction of sp³-hybridized carbons (Fsp3) is 0.786. The number of carbonyl (C=O) groups excluding carboxylic acids is 2. The largest absolute Gasteiger partial charge is 0.481 e. The third-order valence-electron chi connectivity index (χ3n) is 3.15. The normalized spacial score (nSPS) is 22.4. The van der Waals surface area contributed by atoms with E-state index < -0.39 is 11.9 Å². The summed E-state index contributed by atoms with van der Waals surface area (Å²) in [6, 6.07) is 0. The first-order valence-corrected chi connectivity index (χ1v) is 7.00.